The summed E-state index contributed by atoms with van der Waals surface area (Å²) in [6.07, 6.45) is 6.19. The lowest BCUT2D eigenvalue weighted by molar-refractivity contribution is -0.121. The minimum atomic E-state index is 0.0617. The topological polar surface area (TPSA) is 56.1 Å². The van der Waals surface area contributed by atoms with Crippen LogP contribution in [0.2, 0.25) is 0 Å². The van der Waals surface area contributed by atoms with Gasteiger partial charge in [-0.25, -0.2) is 0 Å². The van der Waals surface area contributed by atoms with Gasteiger partial charge in [-0.1, -0.05) is 42.5 Å². The predicted octanol–water partition coefficient (Wildman–Crippen LogP) is 4.07. The van der Waals surface area contributed by atoms with E-state index in [1.807, 2.05) is 36.5 Å². The van der Waals surface area contributed by atoms with E-state index in [0.717, 1.165) is 43.5 Å². The normalized spacial score (nSPS) is 15.6. The zero-order valence-electron chi connectivity index (χ0n) is 16.8. The van der Waals surface area contributed by atoms with Crippen molar-refractivity contribution in [3.63, 3.8) is 0 Å². The molecule has 1 amide bonds. The lowest BCUT2D eigenvalue weighted by Gasteiger charge is -2.24. The zero-order chi connectivity index (χ0) is 20.1. The zero-order valence-corrected chi connectivity index (χ0v) is 16.8. The van der Waals surface area contributed by atoms with Gasteiger partial charge < -0.3 is 10.1 Å². The number of ether oxygens (including phenoxy) is 1. The Morgan fingerprint density at radius 2 is 1.93 bits per heavy atom. The fraction of sp³-hybridized carbons (Fsp3) is 0.333. The lowest BCUT2D eigenvalue weighted by Crippen LogP contribution is -2.31. The number of carbonyl (C=O) groups is 1. The van der Waals surface area contributed by atoms with E-state index in [0.29, 0.717) is 6.42 Å². The van der Waals surface area contributed by atoms with Crippen molar-refractivity contribution in [1.29, 1.82) is 0 Å². The Morgan fingerprint density at radius 1 is 1.14 bits per heavy atom. The predicted molar refractivity (Wildman–Crippen MR) is 113 cm³/mol. The van der Waals surface area contributed by atoms with E-state index >= 15 is 0 Å². The molecule has 0 radical (unpaired) electrons. The number of benzene rings is 2. The molecule has 4 rings (SSSR count). The molecule has 1 atom stereocenters. The molecule has 1 aliphatic rings. The maximum atomic E-state index is 12.6. The third kappa shape index (κ3) is 4.67. The summed E-state index contributed by atoms with van der Waals surface area (Å²) < 4.78 is 7.26. The summed E-state index contributed by atoms with van der Waals surface area (Å²) in [4.78, 5) is 12.6. The average molecular weight is 389 g/mol. The number of hydrogen-bond acceptors (Lipinski definition) is 3. The number of aryl methyl sites for hydroxylation is 1. The van der Waals surface area contributed by atoms with Crippen LogP contribution in [0.3, 0.4) is 0 Å². The van der Waals surface area contributed by atoms with Crippen molar-refractivity contribution in [2.24, 2.45) is 0 Å². The molecule has 1 heterocycles. The van der Waals surface area contributed by atoms with Gasteiger partial charge in [-0.2, -0.15) is 5.10 Å². The first-order chi connectivity index (χ1) is 14.2. The molecule has 5 heteroatoms. The monoisotopic (exact) mass is 389 g/mol. The highest BCUT2D eigenvalue weighted by Gasteiger charge is 2.25. The largest absolute Gasteiger partial charge is 0.497 e. The number of rotatable bonds is 7. The highest BCUT2D eigenvalue weighted by molar-refractivity contribution is 5.76. The molecule has 5 nitrogen and oxygen atoms in total. The van der Waals surface area contributed by atoms with E-state index in [2.05, 4.69) is 39.4 Å². The van der Waals surface area contributed by atoms with Gasteiger partial charge in [-0.05, 0) is 48.9 Å². The minimum Gasteiger partial charge on any atom is -0.497 e. The second-order valence-corrected chi connectivity index (χ2v) is 7.55. The first kappa shape index (κ1) is 19.2. The van der Waals surface area contributed by atoms with Crippen LogP contribution < -0.4 is 10.1 Å². The fourth-order valence-corrected chi connectivity index (χ4v) is 3.98. The van der Waals surface area contributed by atoms with E-state index in [1.165, 1.54) is 16.8 Å². The molecule has 1 aromatic heterocycles. The van der Waals surface area contributed by atoms with Crippen molar-refractivity contribution in [3.8, 4) is 5.75 Å². The van der Waals surface area contributed by atoms with Crippen LogP contribution in [0.4, 0.5) is 0 Å². The number of methoxy groups -OCH3 is 1. The van der Waals surface area contributed by atoms with Crippen molar-refractivity contribution >= 4 is 5.91 Å². The number of fused-ring (bicyclic) bond motifs is 1. The third-order valence-electron chi connectivity index (χ3n) is 5.57. The number of hydrogen-bond donors (Lipinski definition) is 1. The van der Waals surface area contributed by atoms with E-state index in [-0.39, 0.29) is 11.9 Å². The van der Waals surface area contributed by atoms with Crippen LogP contribution in [0.15, 0.2) is 60.8 Å². The van der Waals surface area contributed by atoms with Gasteiger partial charge in [0.1, 0.15) is 5.75 Å². The van der Waals surface area contributed by atoms with E-state index < -0.39 is 0 Å². The van der Waals surface area contributed by atoms with Gasteiger partial charge in [0.25, 0.3) is 0 Å². The number of amides is 1. The van der Waals surface area contributed by atoms with Crippen LogP contribution in [-0.2, 0) is 24.2 Å². The van der Waals surface area contributed by atoms with Crippen LogP contribution in [0, 0.1) is 0 Å². The van der Waals surface area contributed by atoms with E-state index in [9.17, 15) is 4.79 Å². The Labute approximate surface area is 171 Å². The summed E-state index contributed by atoms with van der Waals surface area (Å²) in [6, 6.07) is 18.3. The summed E-state index contributed by atoms with van der Waals surface area (Å²) in [5.74, 6) is 0.926. The average Bonchev–Trinajstić information content (AvgIpc) is 3.17. The maximum absolute atomic E-state index is 12.6. The molecule has 3 aromatic rings. The summed E-state index contributed by atoms with van der Waals surface area (Å²) in [6.45, 7) is 0.772. The number of carbonyl (C=O) groups excluding carboxylic acids is 1. The van der Waals surface area contributed by atoms with Crippen LogP contribution in [0.1, 0.15) is 47.7 Å². The van der Waals surface area contributed by atoms with Crippen molar-refractivity contribution in [3.05, 3.63) is 83.2 Å². The first-order valence-corrected chi connectivity index (χ1v) is 10.2. The van der Waals surface area contributed by atoms with Gasteiger partial charge in [0, 0.05) is 17.7 Å². The molecule has 0 fully saturated rings. The summed E-state index contributed by atoms with van der Waals surface area (Å²) in [5, 5.41) is 7.84. The molecule has 0 bridgehead atoms. The third-order valence-corrected chi connectivity index (χ3v) is 5.57. The Balaban J connectivity index is 1.37. The molecule has 1 N–H and O–H groups in total. The van der Waals surface area contributed by atoms with Crippen LogP contribution in [0.25, 0.3) is 0 Å². The SMILES string of the molecule is COc1ccc(CCC(=O)NC2CCCc3c2cnn3Cc2ccccc2)cc1. The van der Waals surface area contributed by atoms with Crippen molar-refractivity contribution in [2.45, 2.75) is 44.7 Å². The van der Waals surface area contributed by atoms with Gasteiger partial charge in [0.2, 0.25) is 5.91 Å². The lowest BCUT2D eigenvalue weighted by atomic mass is 9.92. The van der Waals surface area contributed by atoms with E-state index in [1.54, 1.807) is 7.11 Å². The van der Waals surface area contributed by atoms with Gasteiger partial charge in [0.15, 0.2) is 0 Å². The summed E-state index contributed by atoms with van der Waals surface area (Å²) >= 11 is 0. The molecule has 1 aliphatic carbocycles. The smallest absolute Gasteiger partial charge is 0.220 e. The highest BCUT2D eigenvalue weighted by atomic mass is 16.5. The molecular formula is C24H27N3O2. The van der Waals surface area contributed by atoms with Gasteiger partial charge >= 0.3 is 0 Å². The Bertz CT molecular complexity index is 948. The molecule has 29 heavy (non-hydrogen) atoms. The van der Waals surface area contributed by atoms with Crippen molar-refractivity contribution < 1.29 is 9.53 Å². The Morgan fingerprint density at radius 3 is 2.69 bits per heavy atom. The fourth-order valence-electron chi connectivity index (χ4n) is 3.98. The van der Waals surface area contributed by atoms with Crippen molar-refractivity contribution in [1.82, 2.24) is 15.1 Å². The quantitative estimate of drug-likeness (QED) is 0.663. The second-order valence-electron chi connectivity index (χ2n) is 7.55. The first-order valence-electron chi connectivity index (χ1n) is 10.2. The Hall–Kier alpha value is -3.08. The highest BCUT2D eigenvalue weighted by Crippen LogP contribution is 2.30. The maximum Gasteiger partial charge on any atom is 0.220 e. The van der Waals surface area contributed by atoms with Crippen LogP contribution >= 0.6 is 0 Å². The van der Waals surface area contributed by atoms with Gasteiger partial charge in [0.05, 0.1) is 25.9 Å². The van der Waals surface area contributed by atoms with Crippen LogP contribution in [0.5, 0.6) is 5.75 Å². The van der Waals surface area contributed by atoms with Crippen LogP contribution in [-0.4, -0.2) is 22.8 Å². The van der Waals surface area contributed by atoms with Crippen molar-refractivity contribution in [2.75, 3.05) is 7.11 Å². The number of nitrogens with zero attached hydrogens (tertiary/aromatic N) is 2. The molecule has 0 spiro atoms. The summed E-state index contributed by atoms with van der Waals surface area (Å²) in [5.41, 5.74) is 4.80. The molecule has 0 aliphatic heterocycles. The Kier molecular flexibility index (Phi) is 5.94. The standard InChI is InChI=1S/C24H27N3O2/c1-29-20-13-10-18(11-14-20)12-15-24(28)26-22-8-5-9-23-21(22)16-25-27(23)17-19-6-3-2-4-7-19/h2-4,6-7,10-11,13-14,16,22H,5,8-9,12,15,17H2,1H3,(H,26,28). The second kappa shape index (κ2) is 8.95. The molecule has 150 valence electrons. The molecule has 0 saturated carbocycles. The number of aromatic nitrogens is 2. The van der Waals surface area contributed by atoms with Gasteiger partial charge in [-0.3, -0.25) is 9.48 Å². The molecule has 2 aromatic carbocycles. The molecule has 0 saturated heterocycles. The minimum absolute atomic E-state index is 0.0617. The van der Waals surface area contributed by atoms with Gasteiger partial charge in [-0.15, -0.1) is 0 Å². The molecule has 1 unspecified atom stereocenters. The summed E-state index contributed by atoms with van der Waals surface area (Å²) in [7, 11) is 1.66. The molecular weight excluding hydrogens is 362 g/mol. The van der Waals surface area contributed by atoms with E-state index in [4.69, 9.17) is 4.74 Å². The number of nitrogens with one attached hydrogen (secondary N) is 1.